The summed E-state index contributed by atoms with van der Waals surface area (Å²) in [5, 5.41) is 0. The van der Waals surface area contributed by atoms with Crippen molar-refractivity contribution in [1.29, 1.82) is 0 Å². The van der Waals surface area contributed by atoms with Gasteiger partial charge in [0.05, 0.1) is 11.2 Å². The van der Waals surface area contributed by atoms with Crippen LogP contribution in [-0.4, -0.2) is 11.2 Å². The predicted octanol–water partition coefficient (Wildman–Crippen LogP) is 6.83. The molecule has 0 heterocycles. The lowest BCUT2D eigenvalue weighted by molar-refractivity contribution is -0.0845. The number of allylic oxidation sites excluding steroid dienone is 2. The third kappa shape index (κ3) is 6.82. The Hall–Kier alpha value is -0.560. The van der Waals surface area contributed by atoms with E-state index in [9.17, 15) is 0 Å². The Bertz CT molecular complexity index is 311. The fourth-order valence-electron chi connectivity index (χ4n) is 3.10. The first kappa shape index (κ1) is 20.4. The zero-order valence-electron chi connectivity index (χ0n) is 15.8. The van der Waals surface area contributed by atoms with Crippen LogP contribution in [0.3, 0.4) is 0 Å². The van der Waals surface area contributed by atoms with Gasteiger partial charge in [0.15, 0.2) is 0 Å². The molecule has 1 heteroatoms. The number of ether oxygens (including phenoxy) is 1. The van der Waals surface area contributed by atoms with Crippen molar-refractivity contribution in [1.82, 2.24) is 0 Å². The van der Waals surface area contributed by atoms with Crippen molar-refractivity contribution in [2.24, 2.45) is 0 Å². The van der Waals surface area contributed by atoms with E-state index in [1.54, 1.807) is 0 Å². The van der Waals surface area contributed by atoms with Gasteiger partial charge in [-0.15, -0.1) is 0 Å². The molecule has 0 aromatic carbocycles. The molecule has 0 aliphatic rings. The van der Waals surface area contributed by atoms with Crippen LogP contribution >= 0.6 is 0 Å². The zero-order valence-corrected chi connectivity index (χ0v) is 15.8. The summed E-state index contributed by atoms with van der Waals surface area (Å²) in [6.07, 6.45) is 11.4. The molecule has 0 amide bonds. The van der Waals surface area contributed by atoms with Gasteiger partial charge in [-0.05, 0) is 64.5 Å². The van der Waals surface area contributed by atoms with Gasteiger partial charge in [0.25, 0.3) is 0 Å². The Morgan fingerprint density at radius 3 is 1.29 bits per heavy atom. The molecule has 0 radical (unpaired) electrons. The highest BCUT2D eigenvalue weighted by molar-refractivity contribution is 5.19. The van der Waals surface area contributed by atoms with Crippen LogP contribution in [0.1, 0.15) is 93.9 Å². The first-order chi connectivity index (χ1) is 9.75. The van der Waals surface area contributed by atoms with Crippen LogP contribution in [0.25, 0.3) is 0 Å². The fraction of sp³-hybridized carbons (Fsp3) is 0.800. The summed E-state index contributed by atoms with van der Waals surface area (Å²) in [6, 6.07) is 0. The number of hydrogen-bond donors (Lipinski definition) is 0. The molecule has 0 aromatic rings. The average molecular weight is 295 g/mol. The molecule has 0 aliphatic heterocycles. The second-order valence-electron chi connectivity index (χ2n) is 6.90. The van der Waals surface area contributed by atoms with Gasteiger partial charge >= 0.3 is 0 Å². The maximum absolute atomic E-state index is 6.62. The molecule has 1 nitrogen and oxygen atoms in total. The lowest BCUT2D eigenvalue weighted by atomic mass is 9.88. The van der Waals surface area contributed by atoms with Crippen LogP contribution in [0, 0.1) is 0 Å². The van der Waals surface area contributed by atoms with E-state index in [1.807, 2.05) is 0 Å². The molecule has 0 unspecified atom stereocenters. The Kier molecular flexibility index (Phi) is 9.20. The van der Waals surface area contributed by atoms with Gasteiger partial charge in [-0.3, -0.25) is 0 Å². The Morgan fingerprint density at radius 2 is 1.05 bits per heavy atom. The molecule has 0 saturated carbocycles. The van der Waals surface area contributed by atoms with Crippen molar-refractivity contribution in [3.8, 4) is 0 Å². The molecule has 0 fully saturated rings. The SMILES string of the molecule is CCC=C(CCC)C(C)(C)OC(C)(C)C(=CCC)CCC. The van der Waals surface area contributed by atoms with Crippen molar-refractivity contribution in [2.75, 3.05) is 0 Å². The van der Waals surface area contributed by atoms with Gasteiger partial charge < -0.3 is 4.74 Å². The van der Waals surface area contributed by atoms with E-state index < -0.39 is 0 Å². The van der Waals surface area contributed by atoms with Crippen LogP contribution in [0.4, 0.5) is 0 Å². The predicted molar refractivity (Wildman–Crippen MR) is 95.8 cm³/mol. The summed E-state index contributed by atoms with van der Waals surface area (Å²) >= 11 is 0. The molecule has 0 N–H and O–H groups in total. The van der Waals surface area contributed by atoms with Crippen molar-refractivity contribution in [3.05, 3.63) is 23.3 Å². The van der Waals surface area contributed by atoms with Crippen molar-refractivity contribution in [2.45, 2.75) is 105 Å². The normalized spacial score (nSPS) is 14.7. The maximum Gasteiger partial charge on any atom is 0.0847 e. The highest BCUT2D eigenvalue weighted by Gasteiger charge is 2.33. The lowest BCUT2D eigenvalue weighted by Gasteiger charge is -2.39. The third-order valence-corrected chi connectivity index (χ3v) is 4.00. The van der Waals surface area contributed by atoms with Gasteiger partial charge in [-0.1, -0.05) is 52.7 Å². The third-order valence-electron chi connectivity index (χ3n) is 4.00. The molecule has 0 atom stereocenters. The van der Waals surface area contributed by atoms with E-state index >= 15 is 0 Å². The first-order valence-electron chi connectivity index (χ1n) is 8.84. The zero-order chi connectivity index (χ0) is 16.5. The topological polar surface area (TPSA) is 9.23 Å². The van der Waals surface area contributed by atoms with Gasteiger partial charge in [0.1, 0.15) is 0 Å². The number of hydrogen-bond acceptors (Lipinski definition) is 1. The average Bonchev–Trinajstić information content (AvgIpc) is 2.37. The Morgan fingerprint density at radius 1 is 0.714 bits per heavy atom. The van der Waals surface area contributed by atoms with E-state index in [-0.39, 0.29) is 11.2 Å². The smallest absolute Gasteiger partial charge is 0.0847 e. The summed E-state index contributed by atoms with van der Waals surface area (Å²) in [4.78, 5) is 0. The Labute approximate surface area is 133 Å². The molecular weight excluding hydrogens is 256 g/mol. The van der Waals surface area contributed by atoms with Gasteiger partial charge in [-0.25, -0.2) is 0 Å². The van der Waals surface area contributed by atoms with Gasteiger partial charge in [0, 0.05) is 0 Å². The molecule has 0 aromatic heterocycles. The fourth-order valence-corrected chi connectivity index (χ4v) is 3.10. The maximum atomic E-state index is 6.62. The van der Waals surface area contributed by atoms with E-state index in [4.69, 9.17) is 4.74 Å². The van der Waals surface area contributed by atoms with Crippen molar-refractivity contribution < 1.29 is 4.74 Å². The minimum Gasteiger partial charge on any atom is -0.361 e. The van der Waals surface area contributed by atoms with Crippen LogP contribution in [0.2, 0.25) is 0 Å². The van der Waals surface area contributed by atoms with E-state index in [0.717, 1.165) is 25.7 Å². The van der Waals surface area contributed by atoms with Crippen LogP contribution in [0.5, 0.6) is 0 Å². The van der Waals surface area contributed by atoms with Gasteiger partial charge in [-0.2, -0.15) is 0 Å². The lowest BCUT2D eigenvalue weighted by Crippen LogP contribution is -2.40. The molecular formula is C20H38O. The standard InChI is InChI=1S/C20H38O/c1-9-13-17(14-10-2)19(5,6)21-20(7,8)18(15-11-3)16-12-4/h13,15H,9-12,14,16H2,1-8H3. The summed E-state index contributed by atoms with van der Waals surface area (Å²) in [7, 11) is 0. The molecule has 0 bridgehead atoms. The first-order valence-corrected chi connectivity index (χ1v) is 8.84. The quantitative estimate of drug-likeness (QED) is 0.401. The largest absolute Gasteiger partial charge is 0.361 e. The molecule has 21 heavy (non-hydrogen) atoms. The van der Waals surface area contributed by atoms with E-state index in [2.05, 4.69) is 67.5 Å². The second kappa shape index (κ2) is 9.46. The summed E-state index contributed by atoms with van der Waals surface area (Å²) < 4.78 is 6.62. The number of rotatable bonds is 10. The Balaban J connectivity index is 5.27. The summed E-state index contributed by atoms with van der Waals surface area (Å²) in [5.41, 5.74) is 2.48. The van der Waals surface area contributed by atoms with Crippen molar-refractivity contribution >= 4 is 0 Å². The second-order valence-corrected chi connectivity index (χ2v) is 6.90. The molecule has 0 rings (SSSR count). The summed E-state index contributed by atoms with van der Waals surface area (Å²) in [5.74, 6) is 0. The minimum absolute atomic E-state index is 0.198. The molecule has 0 spiro atoms. The van der Waals surface area contributed by atoms with Crippen molar-refractivity contribution in [3.63, 3.8) is 0 Å². The molecule has 0 aliphatic carbocycles. The highest BCUT2D eigenvalue weighted by Crippen LogP contribution is 2.35. The monoisotopic (exact) mass is 294 g/mol. The summed E-state index contributed by atoms with van der Waals surface area (Å²) in [6.45, 7) is 17.8. The van der Waals surface area contributed by atoms with Crippen LogP contribution < -0.4 is 0 Å². The van der Waals surface area contributed by atoms with Gasteiger partial charge in [0.2, 0.25) is 0 Å². The molecule has 0 saturated heterocycles. The van der Waals surface area contributed by atoms with Crippen LogP contribution in [0.15, 0.2) is 23.3 Å². The van der Waals surface area contributed by atoms with E-state index in [0.29, 0.717) is 0 Å². The highest BCUT2D eigenvalue weighted by atomic mass is 16.5. The minimum atomic E-state index is -0.198. The molecule has 124 valence electrons. The van der Waals surface area contributed by atoms with E-state index in [1.165, 1.54) is 24.0 Å². The van der Waals surface area contributed by atoms with Crippen LogP contribution in [-0.2, 0) is 4.74 Å².